The Morgan fingerprint density at radius 1 is 1.29 bits per heavy atom. The third-order valence-corrected chi connectivity index (χ3v) is 4.18. The van der Waals surface area contributed by atoms with Crippen molar-refractivity contribution in [3.05, 3.63) is 0 Å². The first-order valence-corrected chi connectivity index (χ1v) is 7.11. The van der Waals surface area contributed by atoms with Crippen LogP contribution in [0.1, 0.15) is 12.8 Å². The Balaban J connectivity index is 2.01. The predicted octanol–water partition coefficient (Wildman–Crippen LogP) is -0.983. The zero-order chi connectivity index (χ0) is 15.6. The van der Waals surface area contributed by atoms with Crippen LogP contribution in [0.3, 0.4) is 0 Å². The van der Waals surface area contributed by atoms with E-state index in [2.05, 4.69) is 10.2 Å². The highest BCUT2D eigenvalue weighted by molar-refractivity contribution is 5.90. The van der Waals surface area contributed by atoms with Crippen LogP contribution < -0.4 is 5.32 Å². The molecule has 0 saturated carbocycles. The number of hydrogen-bond donors (Lipinski definition) is 2. The van der Waals surface area contributed by atoms with E-state index in [1.807, 2.05) is 14.1 Å². The molecule has 0 radical (unpaired) electrons. The zero-order valence-corrected chi connectivity index (χ0v) is 12.4. The van der Waals surface area contributed by atoms with E-state index >= 15 is 0 Å². The van der Waals surface area contributed by atoms with E-state index in [4.69, 9.17) is 0 Å². The minimum Gasteiger partial charge on any atom is -0.480 e. The normalized spacial score (nSPS) is 24.1. The van der Waals surface area contributed by atoms with Gasteiger partial charge >= 0.3 is 12.0 Å². The number of carbonyl (C=O) groups is 3. The lowest BCUT2D eigenvalue weighted by Crippen LogP contribution is -2.62. The van der Waals surface area contributed by atoms with Crippen molar-refractivity contribution in [2.75, 3.05) is 40.3 Å². The maximum Gasteiger partial charge on any atom is 0.328 e. The van der Waals surface area contributed by atoms with Gasteiger partial charge in [-0.05, 0) is 26.9 Å². The van der Waals surface area contributed by atoms with E-state index in [0.717, 1.165) is 17.7 Å². The van der Waals surface area contributed by atoms with Gasteiger partial charge in [0.1, 0.15) is 12.6 Å². The molecule has 8 heteroatoms. The maximum atomic E-state index is 12.5. The van der Waals surface area contributed by atoms with Crippen LogP contribution in [0.25, 0.3) is 0 Å². The van der Waals surface area contributed by atoms with E-state index in [9.17, 15) is 19.5 Å². The Morgan fingerprint density at radius 3 is 2.43 bits per heavy atom. The van der Waals surface area contributed by atoms with E-state index in [1.54, 1.807) is 4.90 Å². The molecule has 2 saturated heterocycles. The highest BCUT2D eigenvalue weighted by atomic mass is 16.4. The molecule has 8 nitrogen and oxygen atoms in total. The molecule has 2 fully saturated rings. The molecule has 0 aromatic carbocycles. The second-order valence-electron chi connectivity index (χ2n) is 5.75. The summed E-state index contributed by atoms with van der Waals surface area (Å²) >= 11 is 0. The summed E-state index contributed by atoms with van der Waals surface area (Å²) in [7, 11) is 4.02. The van der Waals surface area contributed by atoms with Gasteiger partial charge in [0.05, 0.1) is 0 Å². The van der Waals surface area contributed by atoms with Gasteiger partial charge in [-0.25, -0.2) is 9.59 Å². The maximum absolute atomic E-state index is 12.5. The number of carboxylic acids is 1. The summed E-state index contributed by atoms with van der Waals surface area (Å²) in [6.07, 6.45) is 1.72. The SMILES string of the molecule is CN(C)C1CCN(C(=O)N2CC(=O)NCC2C(=O)O)CC1. The summed E-state index contributed by atoms with van der Waals surface area (Å²) in [4.78, 5) is 40.1. The summed E-state index contributed by atoms with van der Waals surface area (Å²) in [6, 6.07) is -0.898. The first-order chi connectivity index (χ1) is 9.90. The number of carbonyl (C=O) groups excluding carboxylic acids is 2. The topological polar surface area (TPSA) is 93.2 Å². The number of rotatable bonds is 2. The fraction of sp³-hybridized carbons (Fsp3) is 0.769. The van der Waals surface area contributed by atoms with Crippen molar-refractivity contribution in [2.24, 2.45) is 0 Å². The largest absolute Gasteiger partial charge is 0.480 e. The average Bonchev–Trinajstić information content (AvgIpc) is 2.46. The molecule has 118 valence electrons. The van der Waals surface area contributed by atoms with Gasteiger partial charge < -0.3 is 20.2 Å². The average molecular weight is 298 g/mol. The summed E-state index contributed by atoms with van der Waals surface area (Å²) in [5.41, 5.74) is 0. The fourth-order valence-electron chi connectivity index (χ4n) is 2.82. The van der Waals surface area contributed by atoms with Crippen molar-refractivity contribution < 1.29 is 19.5 Å². The molecule has 0 aliphatic carbocycles. The van der Waals surface area contributed by atoms with Crippen molar-refractivity contribution in [3.63, 3.8) is 0 Å². The van der Waals surface area contributed by atoms with Crippen molar-refractivity contribution >= 4 is 17.9 Å². The van der Waals surface area contributed by atoms with Crippen LogP contribution in [0.15, 0.2) is 0 Å². The van der Waals surface area contributed by atoms with Crippen LogP contribution in [0.5, 0.6) is 0 Å². The molecule has 1 unspecified atom stereocenters. The van der Waals surface area contributed by atoms with Crippen molar-refractivity contribution in [1.29, 1.82) is 0 Å². The van der Waals surface area contributed by atoms with Gasteiger partial charge in [-0.3, -0.25) is 9.69 Å². The van der Waals surface area contributed by atoms with Crippen LogP contribution in [0.4, 0.5) is 4.79 Å². The number of nitrogens with one attached hydrogen (secondary N) is 1. The Labute approximate surface area is 123 Å². The molecular formula is C13H22N4O4. The quantitative estimate of drug-likeness (QED) is 0.683. The smallest absolute Gasteiger partial charge is 0.328 e. The summed E-state index contributed by atoms with van der Waals surface area (Å²) in [5.74, 6) is -1.41. The zero-order valence-electron chi connectivity index (χ0n) is 12.4. The Hall–Kier alpha value is -1.83. The summed E-state index contributed by atoms with van der Waals surface area (Å²) in [5, 5.41) is 11.7. The monoisotopic (exact) mass is 298 g/mol. The van der Waals surface area contributed by atoms with Crippen LogP contribution in [-0.2, 0) is 9.59 Å². The minimum absolute atomic E-state index is 0.0337. The number of carboxylic acid groups (broad SMARTS) is 1. The van der Waals surface area contributed by atoms with Gasteiger partial charge in [-0.2, -0.15) is 0 Å². The predicted molar refractivity (Wildman–Crippen MR) is 74.8 cm³/mol. The molecule has 0 spiro atoms. The minimum atomic E-state index is -1.09. The van der Waals surface area contributed by atoms with Crippen molar-refractivity contribution in [2.45, 2.75) is 24.9 Å². The van der Waals surface area contributed by atoms with E-state index < -0.39 is 12.0 Å². The lowest BCUT2D eigenvalue weighted by atomic mass is 10.0. The van der Waals surface area contributed by atoms with Crippen molar-refractivity contribution in [1.82, 2.24) is 20.0 Å². The summed E-state index contributed by atoms with van der Waals surface area (Å²) in [6.45, 7) is 0.954. The van der Waals surface area contributed by atoms with Gasteiger partial charge in [-0.15, -0.1) is 0 Å². The number of likely N-dealkylation sites (tertiary alicyclic amines) is 1. The standard InChI is InChI=1S/C13H22N4O4/c1-15(2)9-3-5-16(6-4-9)13(21)17-8-11(18)14-7-10(17)12(19)20/h9-10H,3-8H2,1-2H3,(H,14,18)(H,19,20). The Kier molecular flexibility index (Phi) is 4.66. The molecule has 3 amide bonds. The molecule has 2 N–H and O–H groups in total. The van der Waals surface area contributed by atoms with Gasteiger partial charge in [0, 0.05) is 25.7 Å². The van der Waals surface area contributed by atoms with Gasteiger partial charge in [0.25, 0.3) is 0 Å². The fourth-order valence-corrected chi connectivity index (χ4v) is 2.82. The number of amides is 3. The number of nitrogens with zero attached hydrogens (tertiary/aromatic N) is 3. The first-order valence-electron chi connectivity index (χ1n) is 7.11. The van der Waals surface area contributed by atoms with Crippen LogP contribution in [-0.4, -0.2) is 90.1 Å². The van der Waals surface area contributed by atoms with Crippen LogP contribution in [0, 0.1) is 0 Å². The number of piperidine rings is 1. The summed E-state index contributed by atoms with van der Waals surface area (Å²) < 4.78 is 0. The number of hydrogen-bond acceptors (Lipinski definition) is 4. The van der Waals surface area contributed by atoms with Crippen LogP contribution >= 0.6 is 0 Å². The molecular weight excluding hydrogens is 276 g/mol. The molecule has 2 aliphatic heterocycles. The molecule has 2 rings (SSSR count). The Bertz CT molecular complexity index is 432. The molecule has 0 aromatic heterocycles. The highest BCUT2D eigenvalue weighted by Gasteiger charge is 2.38. The van der Waals surface area contributed by atoms with Gasteiger partial charge in [-0.1, -0.05) is 0 Å². The third-order valence-electron chi connectivity index (χ3n) is 4.18. The molecule has 2 heterocycles. The van der Waals surface area contributed by atoms with E-state index in [0.29, 0.717) is 19.1 Å². The molecule has 21 heavy (non-hydrogen) atoms. The Morgan fingerprint density at radius 2 is 1.90 bits per heavy atom. The van der Waals surface area contributed by atoms with Gasteiger partial charge in [0.15, 0.2) is 0 Å². The highest BCUT2D eigenvalue weighted by Crippen LogP contribution is 2.17. The van der Waals surface area contributed by atoms with E-state index in [1.165, 1.54) is 0 Å². The number of urea groups is 1. The molecule has 0 bridgehead atoms. The number of piperazine rings is 1. The van der Waals surface area contributed by atoms with Crippen molar-refractivity contribution in [3.8, 4) is 0 Å². The third kappa shape index (κ3) is 3.44. The van der Waals surface area contributed by atoms with Gasteiger partial charge in [0.2, 0.25) is 5.91 Å². The second kappa shape index (κ2) is 6.30. The lowest BCUT2D eigenvalue weighted by Gasteiger charge is -2.40. The number of aliphatic carboxylic acids is 1. The lowest BCUT2D eigenvalue weighted by molar-refractivity contribution is -0.144. The molecule has 2 aliphatic rings. The molecule has 0 aromatic rings. The second-order valence-corrected chi connectivity index (χ2v) is 5.75. The first kappa shape index (κ1) is 15.6. The van der Waals surface area contributed by atoms with Crippen LogP contribution in [0.2, 0.25) is 0 Å². The van der Waals surface area contributed by atoms with E-state index in [-0.39, 0.29) is 25.0 Å². The molecule has 1 atom stereocenters.